The molecule has 1 aliphatic rings. The number of nitrogens with one attached hydrogen (secondary N) is 3. The van der Waals surface area contributed by atoms with Crippen LogP contribution in [-0.2, 0) is 14.4 Å². The number of amides is 3. The Hall–Kier alpha value is -3.70. The number of hydrogen-bond donors (Lipinski definition) is 3. The van der Waals surface area contributed by atoms with E-state index in [-0.39, 0.29) is 37.4 Å². The predicted octanol–water partition coefficient (Wildman–Crippen LogP) is 3.75. The summed E-state index contributed by atoms with van der Waals surface area (Å²) >= 11 is 0. The van der Waals surface area contributed by atoms with Crippen LogP contribution >= 0.6 is 0 Å². The van der Waals surface area contributed by atoms with Crippen LogP contribution in [0.2, 0.25) is 0 Å². The van der Waals surface area contributed by atoms with Crippen LogP contribution in [0, 0.1) is 39.0 Å². The second-order valence-electron chi connectivity index (χ2n) is 9.72. The summed E-state index contributed by atoms with van der Waals surface area (Å²) in [7, 11) is 0. The fourth-order valence-corrected chi connectivity index (χ4v) is 4.71. The molecule has 2 aromatic rings. The molecule has 3 amide bonds. The molecule has 0 bridgehead atoms. The fraction of sp³-hybridized carbons (Fsp3) is 0.429. The van der Waals surface area contributed by atoms with Gasteiger partial charge in [-0.05, 0) is 75.6 Å². The number of carbonyl (C=O) groups is 3. The first-order valence-corrected chi connectivity index (χ1v) is 12.3. The Morgan fingerprint density at radius 1 is 0.778 bits per heavy atom. The maximum absolute atomic E-state index is 13.0. The minimum Gasteiger partial charge on any atom is -0.337 e. The lowest BCUT2D eigenvalue weighted by Crippen LogP contribution is -2.51. The lowest BCUT2D eigenvalue weighted by Gasteiger charge is -2.26. The topological polar surface area (TPSA) is 114 Å². The predicted molar refractivity (Wildman–Crippen MR) is 140 cm³/mol. The molecular weight excluding hydrogens is 454 g/mol. The summed E-state index contributed by atoms with van der Waals surface area (Å²) in [5, 5.41) is 18.3. The van der Waals surface area contributed by atoms with Crippen molar-refractivity contribution in [1.82, 2.24) is 10.2 Å². The number of para-hydroxylation sites is 2. The Labute approximate surface area is 213 Å². The molecule has 1 fully saturated rings. The van der Waals surface area contributed by atoms with Gasteiger partial charge in [0.15, 0.2) is 0 Å². The standard InChI is InChI=1S/C28H35N5O3/c1-19-9-7-10-20(2)26(19)30-23(34)15-33(17-25(36)32-28(18-29)13-5-6-14-28)16-24(35)31-27-21(3)11-8-12-22(27)4/h7-12H,5-6,13-17H2,1-4H3,(H,30,34)(H,31,35)(H,32,36). The van der Waals surface area contributed by atoms with E-state index in [4.69, 9.17) is 0 Å². The second-order valence-corrected chi connectivity index (χ2v) is 9.72. The first kappa shape index (κ1) is 26.9. The minimum absolute atomic E-state index is 0.152. The molecule has 190 valence electrons. The van der Waals surface area contributed by atoms with Crippen LogP contribution < -0.4 is 16.0 Å². The van der Waals surface area contributed by atoms with Gasteiger partial charge >= 0.3 is 0 Å². The molecule has 2 aromatic carbocycles. The van der Waals surface area contributed by atoms with E-state index in [1.165, 1.54) is 4.90 Å². The molecule has 0 spiro atoms. The summed E-state index contributed by atoms with van der Waals surface area (Å²) in [6.07, 6.45) is 2.98. The van der Waals surface area contributed by atoms with E-state index in [2.05, 4.69) is 22.0 Å². The van der Waals surface area contributed by atoms with E-state index < -0.39 is 5.54 Å². The molecule has 8 nitrogen and oxygen atoms in total. The summed E-state index contributed by atoms with van der Waals surface area (Å²) in [4.78, 5) is 40.3. The zero-order valence-electron chi connectivity index (χ0n) is 21.5. The molecule has 0 unspecified atom stereocenters. The van der Waals surface area contributed by atoms with Gasteiger partial charge in [-0.25, -0.2) is 0 Å². The summed E-state index contributed by atoms with van der Waals surface area (Å²) in [6, 6.07) is 13.7. The normalized spacial score (nSPS) is 14.2. The van der Waals surface area contributed by atoms with Crippen LogP contribution in [0.4, 0.5) is 11.4 Å². The number of nitrogens with zero attached hydrogens (tertiary/aromatic N) is 2. The molecule has 0 saturated heterocycles. The molecule has 0 heterocycles. The van der Waals surface area contributed by atoms with Gasteiger partial charge < -0.3 is 16.0 Å². The van der Waals surface area contributed by atoms with Gasteiger partial charge in [0.1, 0.15) is 5.54 Å². The van der Waals surface area contributed by atoms with E-state index in [0.29, 0.717) is 12.8 Å². The number of nitriles is 1. The highest BCUT2D eigenvalue weighted by atomic mass is 16.2. The molecule has 0 radical (unpaired) electrons. The average Bonchev–Trinajstić information content (AvgIpc) is 3.27. The molecule has 1 aliphatic carbocycles. The van der Waals surface area contributed by atoms with Crippen molar-refractivity contribution in [3.63, 3.8) is 0 Å². The molecule has 36 heavy (non-hydrogen) atoms. The maximum atomic E-state index is 13.0. The Kier molecular flexibility index (Phi) is 8.83. The van der Waals surface area contributed by atoms with E-state index >= 15 is 0 Å². The number of benzene rings is 2. The van der Waals surface area contributed by atoms with Crippen molar-refractivity contribution < 1.29 is 14.4 Å². The smallest absolute Gasteiger partial charge is 0.238 e. The average molecular weight is 490 g/mol. The first-order chi connectivity index (χ1) is 17.1. The lowest BCUT2D eigenvalue weighted by atomic mass is 10.00. The number of hydrogen-bond acceptors (Lipinski definition) is 5. The van der Waals surface area contributed by atoms with Crippen LogP contribution in [0.1, 0.15) is 47.9 Å². The number of carbonyl (C=O) groups excluding carboxylic acids is 3. The van der Waals surface area contributed by atoms with Crippen molar-refractivity contribution in [3.05, 3.63) is 58.7 Å². The van der Waals surface area contributed by atoms with Crippen LogP contribution in [0.3, 0.4) is 0 Å². The maximum Gasteiger partial charge on any atom is 0.238 e. The van der Waals surface area contributed by atoms with Crippen LogP contribution in [0.25, 0.3) is 0 Å². The molecule has 1 saturated carbocycles. The summed E-state index contributed by atoms with van der Waals surface area (Å²) < 4.78 is 0. The molecule has 0 atom stereocenters. The quantitative estimate of drug-likeness (QED) is 0.496. The molecule has 3 N–H and O–H groups in total. The zero-order valence-corrected chi connectivity index (χ0v) is 21.5. The van der Waals surface area contributed by atoms with E-state index in [0.717, 1.165) is 46.5 Å². The van der Waals surface area contributed by atoms with Gasteiger partial charge in [-0.1, -0.05) is 36.4 Å². The summed E-state index contributed by atoms with van der Waals surface area (Å²) in [5.41, 5.74) is 4.29. The van der Waals surface area contributed by atoms with Gasteiger partial charge in [-0.2, -0.15) is 5.26 Å². The zero-order chi connectivity index (χ0) is 26.3. The molecular formula is C28H35N5O3. The van der Waals surface area contributed by atoms with E-state index in [1.54, 1.807) is 0 Å². The Balaban J connectivity index is 1.73. The van der Waals surface area contributed by atoms with Crippen molar-refractivity contribution in [3.8, 4) is 6.07 Å². The van der Waals surface area contributed by atoms with Gasteiger partial charge in [0.2, 0.25) is 17.7 Å². The largest absolute Gasteiger partial charge is 0.337 e. The van der Waals surface area contributed by atoms with Crippen molar-refractivity contribution >= 4 is 29.1 Å². The van der Waals surface area contributed by atoms with Crippen LogP contribution in [0.5, 0.6) is 0 Å². The van der Waals surface area contributed by atoms with Crippen molar-refractivity contribution in [1.29, 1.82) is 5.26 Å². The third-order valence-electron chi connectivity index (χ3n) is 6.64. The van der Waals surface area contributed by atoms with Crippen LogP contribution in [-0.4, -0.2) is 47.8 Å². The Bertz CT molecular complexity index is 1070. The molecule has 3 rings (SSSR count). The van der Waals surface area contributed by atoms with Crippen LogP contribution in [0.15, 0.2) is 36.4 Å². The van der Waals surface area contributed by atoms with E-state index in [1.807, 2.05) is 64.1 Å². The van der Waals surface area contributed by atoms with Crippen molar-refractivity contribution in [2.75, 3.05) is 30.3 Å². The second kappa shape index (κ2) is 11.8. The van der Waals surface area contributed by atoms with Gasteiger partial charge in [0, 0.05) is 11.4 Å². The highest BCUT2D eigenvalue weighted by Crippen LogP contribution is 2.28. The van der Waals surface area contributed by atoms with E-state index in [9.17, 15) is 19.6 Å². The Morgan fingerprint density at radius 3 is 1.56 bits per heavy atom. The van der Waals surface area contributed by atoms with Gasteiger partial charge in [0.25, 0.3) is 0 Å². The van der Waals surface area contributed by atoms with Gasteiger partial charge in [-0.3, -0.25) is 19.3 Å². The van der Waals surface area contributed by atoms with Gasteiger partial charge in [-0.15, -0.1) is 0 Å². The minimum atomic E-state index is -0.871. The number of aryl methyl sites for hydroxylation is 4. The molecule has 0 aromatic heterocycles. The molecule has 0 aliphatic heterocycles. The molecule has 8 heteroatoms. The summed E-state index contributed by atoms with van der Waals surface area (Å²) in [6.45, 7) is 7.17. The van der Waals surface area contributed by atoms with Crippen molar-refractivity contribution in [2.45, 2.75) is 58.9 Å². The lowest BCUT2D eigenvalue weighted by molar-refractivity contribution is -0.125. The third-order valence-corrected chi connectivity index (χ3v) is 6.64. The highest BCUT2D eigenvalue weighted by molar-refractivity contribution is 5.96. The van der Waals surface area contributed by atoms with Crippen molar-refractivity contribution in [2.24, 2.45) is 0 Å². The third kappa shape index (κ3) is 6.92. The summed E-state index contributed by atoms with van der Waals surface area (Å²) in [5.74, 6) is -1.02. The van der Waals surface area contributed by atoms with Gasteiger partial charge in [0.05, 0.1) is 25.7 Å². The highest BCUT2D eigenvalue weighted by Gasteiger charge is 2.35. The number of anilines is 2. The number of rotatable bonds is 9. The monoisotopic (exact) mass is 489 g/mol. The Morgan fingerprint density at radius 2 is 1.17 bits per heavy atom. The fourth-order valence-electron chi connectivity index (χ4n) is 4.71. The first-order valence-electron chi connectivity index (χ1n) is 12.3. The SMILES string of the molecule is Cc1cccc(C)c1NC(=O)CN(CC(=O)Nc1c(C)cccc1C)CC(=O)NC1(C#N)CCCC1.